The zero-order chi connectivity index (χ0) is 32.0. The van der Waals surface area contributed by atoms with Crippen LogP contribution in [0.15, 0.2) is 47.6 Å². The normalized spacial score (nSPS) is 22.6. The number of hydrogen-bond donors (Lipinski definition) is 2. The van der Waals surface area contributed by atoms with Crippen molar-refractivity contribution >= 4 is 29.5 Å². The topological polar surface area (TPSA) is 97.2 Å². The second kappa shape index (κ2) is 12.0. The summed E-state index contributed by atoms with van der Waals surface area (Å²) in [4.78, 5) is 25.5. The van der Waals surface area contributed by atoms with Crippen LogP contribution in [0.2, 0.25) is 0 Å². The highest BCUT2D eigenvalue weighted by Crippen LogP contribution is 2.59. The molecule has 0 spiro atoms. The van der Waals surface area contributed by atoms with Gasteiger partial charge in [-0.2, -0.15) is 13.2 Å². The Morgan fingerprint density at radius 3 is 2.64 bits per heavy atom. The number of carbonyl (C=O) groups is 1. The zero-order valence-electron chi connectivity index (χ0n) is 26.0. The van der Waals surface area contributed by atoms with Gasteiger partial charge in [-0.1, -0.05) is 19.9 Å². The first-order valence-corrected chi connectivity index (χ1v) is 16.4. The molecule has 4 bridgehead atoms. The fourth-order valence-corrected chi connectivity index (χ4v) is 7.07. The van der Waals surface area contributed by atoms with Gasteiger partial charge in [-0.25, -0.2) is 14.6 Å². The lowest BCUT2D eigenvalue weighted by molar-refractivity contribution is -0.190. The molecule has 1 saturated heterocycles. The smallest absolute Gasteiger partial charge is 0.394 e. The van der Waals surface area contributed by atoms with Crippen molar-refractivity contribution in [1.82, 2.24) is 24.5 Å². The number of nitrogens with one attached hydrogen (secondary N) is 2. The first-order valence-electron chi connectivity index (χ1n) is 15.6. The molecular weight excluding hydrogens is 603 g/mol. The van der Waals surface area contributed by atoms with Crippen LogP contribution in [0.4, 0.5) is 24.8 Å². The SMILES string of the molecule is CC(C)C1CC[C@@H]2CN(c3nc(-n4ccc(OCCC5(C(F)(F)F)CC5)n4)ccc3C(=O)NSc3cccc(n3)N1)C(C)(C)C2. The molecule has 13 heteroatoms. The molecule has 2 aliphatic heterocycles. The Morgan fingerprint density at radius 1 is 1.11 bits per heavy atom. The van der Waals surface area contributed by atoms with Crippen LogP contribution in [-0.2, 0) is 0 Å². The molecule has 3 aromatic heterocycles. The van der Waals surface area contributed by atoms with E-state index in [-0.39, 0.29) is 49.2 Å². The van der Waals surface area contributed by atoms with E-state index in [1.807, 2.05) is 18.2 Å². The van der Waals surface area contributed by atoms with Gasteiger partial charge in [0.1, 0.15) is 16.7 Å². The summed E-state index contributed by atoms with van der Waals surface area (Å²) in [6, 6.07) is 11.1. The van der Waals surface area contributed by atoms with E-state index in [9.17, 15) is 18.0 Å². The Kier molecular flexibility index (Phi) is 8.42. The first kappa shape index (κ1) is 31.5. The minimum absolute atomic E-state index is 0.0692. The number of anilines is 2. The van der Waals surface area contributed by atoms with Crippen molar-refractivity contribution in [2.24, 2.45) is 17.3 Å². The number of amides is 1. The maximum absolute atomic E-state index is 13.6. The van der Waals surface area contributed by atoms with Gasteiger partial charge in [-0.15, -0.1) is 5.10 Å². The van der Waals surface area contributed by atoms with Gasteiger partial charge in [0, 0.05) is 42.3 Å². The Bertz CT molecular complexity index is 1540. The van der Waals surface area contributed by atoms with Crippen molar-refractivity contribution in [2.75, 3.05) is 23.4 Å². The molecule has 242 valence electrons. The van der Waals surface area contributed by atoms with Gasteiger partial charge >= 0.3 is 6.18 Å². The summed E-state index contributed by atoms with van der Waals surface area (Å²) in [5.41, 5.74) is -1.43. The highest BCUT2D eigenvalue weighted by Gasteiger charge is 2.62. The van der Waals surface area contributed by atoms with E-state index < -0.39 is 11.6 Å². The third kappa shape index (κ3) is 6.73. The van der Waals surface area contributed by atoms with Crippen molar-refractivity contribution in [2.45, 2.75) is 89.0 Å². The quantitative estimate of drug-likeness (QED) is 0.276. The Labute approximate surface area is 265 Å². The van der Waals surface area contributed by atoms with Gasteiger partial charge in [-0.05, 0) is 88.5 Å². The number of alkyl halides is 3. The van der Waals surface area contributed by atoms with Crippen LogP contribution >= 0.6 is 11.9 Å². The van der Waals surface area contributed by atoms with Crippen LogP contribution in [-0.4, -0.2) is 56.6 Å². The van der Waals surface area contributed by atoms with Crippen LogP contribution < -0.4 is 19.7 Å². The second-order valence-corrected chi connectivity index (χ2v) is 14.3. The fourth-order valence-electron chi connectivity index (χ4n) is 6.47. The number of hydrogen-bond acceptors (Lipinski definition) is 8. The van der Waals surface area contributed by atoms with Crippen LogP contribution in [0, 0.1) is 17.3 Å². The summed E-state index contributed by atoms with van der Waals surface area (Å²) in [7, 11) is 0. The van der Waals surface area contributed by atoms with Crippen molar-refractivity contribution in [1.29, 1.82) is 0 Å². The molecule has 2 N–H and O–H groups in total. The standard InChI is InChI=1S/C32H40F3N7O2S/c1-20(2)23-10-8-21-18-30(3,4)41(19-21)28-22(29(43)40-45-27-7-5-6-24(36-23)37-27)9-11-25(38-28)42-16-12-26(39-42)44-17-15-31(13-14-31)32(33,34)35/h5-7,9,11-12,16,20-21,23H,8,10,13-15,17-19H2,1-4H3,(H,36,37)(H,40,43)/t21-,23?/m0/s1. The number of halogens is 3. The van der Waals surface area contributed by atoms with E-state index in [1.54, 1.807) is 24.4 Å². The molecule has 1 unspecified atom stereocenters. The number of pyridine rings is 2. The van der Waals surface area contributed by atoms with Gasteiger partial charge < -0.3 is 15.0 Å². The minimum Gasteiger partial charge on any atom is -0.477 e. The average Bonchev–Trinajstić information content (AvgIpc) is 3.54. The lowest BCUT2D eigenvalue weighted by atomic mass is 9.89. The van der Waals surface area contributed by atoms with Crippen LogP contribution in [0.1, 0.15) is 76.6 Å². The molecule has 1 saturated carbocycles. The Hall–Kier alpha value is -3.48. The Balaban J connectivity index is 1.27. The van der Waals surface area contributed by atoms with Crippen molar-refractivity contribution in [3.63, 3.8) is 0 Å². The van der Waals surface area contributed by atoms with Crippen LogP contribution in [0.25, 0.3) is 5.82 Å². The minimum atomic E-state index is -4.21. The molecule has 0 aromatic carbocycles. The van der Waals surface area contributed by atoms with Crippen LogP contribution in [0.5, 0.6) is 5.88 Å². The number of fused-ring (bicyclic) bond motifs is 6. The first-order chi connectivity index (χ1) is 21.3. The maximum atomic E-state index is 13.6. The number of aromatic nitrogens is 4. The highest BCUT2D eigenvalue weighted by atomic mass is 32.2. The van der Waals surface area contributed by atoms with Gasteiger partial charge in [0.05, 0.1) is 17.6 Å². The van der Waals surface area contributed by atoms with E-state index in [0.717, 1.165) is 43.6 Å². The predicted molar refractivity (Wildman–Crippen MR) is 168 cm³/mol. The van der Waals surface area contributed by atoms with E-state index >= 15 is 0 Å². The maximum Gasteiger partial charge on any atom is 0.394 e. The molecule has 5 heterocycles. The largest absolute Gasteiger partial charge is 0.477 e. The van der Waals surface area contributed by atoms with Gasteiger partial charge in [0.2, 0.25) is 5.88 Å². The van der Waals surface area contributed by atoms with E-state index in [4.69, 9.17) is 14.7 Å². The summed E-state index contributed by atoms with van der Waals surface area (Å²) in [5.74, 6) is 2.59. The number of nitrogens with zero attached hydrogens (tertiary/aromatic N) is 5. The molecule has 2 atom stereocenters. The molecule has 3 aliphatic rings. The lowest BCUT2D eigenvalue weighted by Crippen LogP contribution is -2.40. The molecular formula is C32H40F3N7O2S. The van der Waals surface area contributed by atoms with Gasteiger partial charge in [-0.3, -0.25) is 9.52 Å². The predicted octanol–water partition coefficient (Wildman–Crippen LogP) is 7.05. The fraction of sp³-hybridized carbons (Fsp3) is 0.562. The van der Waals surface area contributed by atoms with Crippen molar-refractivity contribution < 1.29 is 22.7 Å². The molecule has 6 rings (SSSR count). The Morgan fingerprint density at radius 2 is 1.91 bits per heavy atom. The van der Waals surface area contributed by atoms with E-state index in [2.05, 4.69) is 47.7 Å². The monoisotopic (exact) mass is 643 g/mol. The van der Waals surface area contributed by atoms with E-state index in [0.29, 0.717) is 34.1 Å². The molecule has 45 heavy (non-hydrogen) atoms. The van der Waals surface area contributed by atoms with Crippen LogP contribution in [0.3, 0.4) is 0 Å². The molecule has 2 fully saturated rings. The molecule has 1 amide bonds. The van der Waals surface area contributed by atoms with E-state index in [1.165, 1.54) is 4.68 Å². The third-order valence-electron chi connectivity index (χ3n) is 9.40. The van der Waals surface area contributed by atoms with Crippen molar-refractivity contribution in [3.8, 4) is 11.7 Å². The second-order valence-electron chi connectivity index (χ2n) is 13.5. The summed E-state index contributed by atoms with van der Waals surface area (Å²) in [5, 5.41) is 8.73. The zero-order valence-corrected chi connectivity index (χ0v) is 26.8. The molecule has 1 aliphatic carbocycles. The molecule has 0 radical (unpaired) electrons. The average molecular weight is 644 g/mol. The summed E-state index contributed by atoms with van der Waals surface area (Å²) in [6.07, 6.45) is 0.604. The third-order valence-corrected chi connectivity index (χ3v) is 10.1. The highest BCUT2D eigenvalue weighted by molar-refractivity contribution is 7.97. The number of rotatable bonds is 6. The lowest BCUT2D eigenvalue weighted by Gasteiger charge is -2.34. The van der Waals surface area contributed by atoms with Gasteiger partial charge in [0.25, 0.3) is 5.91 Å². The van der Waals surface area contributed by atoms with Crippen molar-refractivity contribution in [3.05, 3.63) is 48.2 Å². The number of carbonyl (C=O) groups excluding carboxylic acids is 1. The summed E-state index contributed by atoms with van der Waals surface area (Å²) >= 11 is 1.16. The molecule has 3 aromatic rings. The summed E-state index contributed by atoms with van der Waals surface area (Å²) in [6.45, 7) is 9.48. The summed E-state index contributed by atoms with van der Waals surface area (Å²) < 4.78 is 50.0. The molecule has 9 nitrogen and oxygen atoms in total. The number of ether oxygens (including phenoxy) is 1. The van der Waals surface area contributed by atoms with Gasteiger partial charge in [0.15, 0.2) is 5.82 Å².